The number of aliphatic imine (C=N–C) groups is 1. The molecule has 6 nitrogen and oxygen atoms in total. The van der Waals surface area contributed by atoms with Gasteiger partial charge in [0.1, 0.15) is 29.7 Å². The molecule has 0 unspecified atom stereocenters. The number of amides is 1. The number of aromatic nitrogens is 2. The number of fused-ring (bicyclic) bond motifs is 3. The molecule has 1 aromatic heterocycles. The Morgan fingerprint density at radius 1 is 1.43 bits per heavy atom. The van der Waals surface area contributed by atoms with E-state index in [4.69, 9.17) is 4.74 Å². The van der Waals surface area contributed by atoms with Gasteiger partial charge in [0.2, 0.25) is 0 Å². The Morgan fingerprint density at radius 3 is 2.96 bits per heavy atom. The fourth-order valence-electron chi connectivity index (χ4n) is 2.26. The molecular weight excluding hydrogens is 360 g/mol. The summed E-state index contributed by atoms with van der Waals surface area (Å²) in [7, 11) is 3.69. The van der Waals surface area contributed by atoms with Crippen molar-refractivity contribution < 1.29 is 9.53 Å². The van der Waals surface area contributed by atoms with Crippen LogP contribution in [-0.4, -0.2) is 46.9 Å². The Bertz CT molecular complexity index is 795. The molecule has 0 fully saturated rings. The van der Waals surface area contributed by atoms with Crippen molar-refractivity contribution >= 4 is 27.7 Å². The molecule has 0 atom stereocenters. The van der Waals surface area contributed by atoms with E-state index in [9.17, 15) is 4.79 Å². The molecule has 0 radical (unpaired) electrons. The van der Waals surface area contributed by atoms with Crippen molar-refractivity contribution in [3.63, 3.8) is 0 Å². The van der Waals surface area contributed by atoms with Gasteiger partial charge in [0.15, 0.2) is 0 Å². The Labute approximate surface area is 142 Å². The van der Waals surface area contributed by atoms with Crippen LogP contribution in [0.5, 0.6) is 5.75 Å². The molecule has 120 valence electrons. The van der Waals surface area contributed by atoms with Crippen molar-refractivity contribution in [1.29, 1.82) is 0 Å². The van der Waals surface area contributed by atoms with Gasteiger partial charge in [-0.15, -0.1) is 0 Å². The maximum absolute atomic E-state index is 12.3. The highest BCUT2D eigenvalue weighted by molar-refractivity contribution is 9.10. The van der Waals surface area contributed by atoms with E-state index in [1.807, 2.05) is 36.9 Å². The van der Waals surface area contributed by atoms with E-state index in [0.29, 0.717) is 24.7 Å². The lowest BCUT2D eigenvalue weighted by Gasteiger charge is -2.09. The number of halogens is 1. The molecular formula is C16H17BrN4O2. The molecule has 1 aliphatic rings. The zero-order valence-corrected chi connectivity index (χ0v) is 14.8. The average Bonchev–Trinajstić information content (AvgIpc) is 2.84. The number of hydrogen-bond donors (Lipinski definition) is 0. The second-order valence-electron chi connectivity index (χ2n) is 5.49. The predicted octanol–water partition coefficient (Wildman–Crippen LogP) is 2.83. The van der Waals surface area contributed by atoms with E-state index >= 15 is 0 Å². The molecule has 0 N–H and O–H groups in total. The third-order valence-corrected chi connectivity index (χ3v) is 4.17. The number of amidine groups is 1. The molecule has 3 rings (SSSR count). The largest absolute Gasteiger partial charge is 0.491 e. The van der Waals surface area contributed by atoms with Crippen molar-refractivity contribution in [3.05, 3.63) is 34.6 Å². The SMILES string of the molecule is CC(=NC(=O)c1cn2c(n1)-c1ccc(Br)cc1OCC2)N(C)C. The van der Waals surface area contributed by atoms with Gasteiger partial charge in [0.25, 0.3) is 5.91 Å². The smallest absolute Gasteiger partial charge is 0.298 e. The van der Waals surface area contributed by atoms with E-state index in [0.717, 1.165) is 21.6 Å². The first-order valence-corrected chi connectivity index (χ1v) is 8.02. The Kier molecular flexibility index (Phi) is 4.21. The first-order valence-electron chi connectivity index (χ1n) is 7.22. The third kappa shape index (κ3) is 3.14. The van der Waals surface area contributed by atoms with Crippen LogP contribution in [0.25, 0.3) is 11.4 Å². The summed E-state index contributed by atoms with van der Waals surface area (Å²) >= 11 is 3.44. The number of nitrogens with zero attached hydrogens (tertiary/aromatic N) is 4. The van der Waals surface area contributed by atoms with Crippen molar-refractivity contribution in [2.45, 2.75) is 13.5 Å². The van der Waals surface area contributed by atoms with Crippen LogP contribution < -0.4 is 4.74 Å². The number of hydrogen-bond acceptors (Lipinski definition) is 3. The standard InChI is InChI=1S/C16H17BrN4O2/c1-10(20(2)3)18-16(22)13-9-21-6-7-23-14-8-11(17)4-5-12(14)15(21)19-13/h4-5,8-9H,6-7H2,1-3H3. The number of ether oxygens (including phenoxy) is 1. The van der Waals surface area contributed by atoms with Crippen molar-refractivity contribution in [2.24, 2.45) is 4.99 Å². The van der Waals surface area contributed by atoms with Crippen molar-refractivity contribution in [1.82, 2.24) is 14.5 Å². The summed E-state index contributed by atoms with van der Waals surface area (Å²) in [6.07, 6.45) is 1.74. The lowest BCUT2D eigenvalue weighted by molar-refractivity contribution is 0.0997. The second kappa shape index (κ2) is 6.16. The van der Waals surface area contributed by atoms with E-state index in [2.05, 4.69) is 25.9 Å². The highest BCUT2D eigenvalue weighted by Gasteiger charge is 2.21. The van der Waals surface area contributed by atoms with Crippen LogP contribution in [0.15, 0.2) is 33.9 Å². The normalized spacial score (nSPS) is 13.7. The van der Waals surface area contributed by atoms with Gasteiger partial charge in [-0.05, 0) is 25.1 Å². The van der Waals surface area contributed by atoms with Crippen molar-refractivity contribution in [2.75, 3.05) is 20.7 Å². The van der Waals surface area contributed by atoms with Crippen LogP contribution in [0.1, 0.15) is 17.4 Å². The van der Waals surface area contributed by atoms with Gasteiger partial charge in [-0.1, -0.05) is 15.9 Å². The van der Waals surface area contributed by atoms with Crippen LogP contribution in [0, 0.1) is 0 Å². The highest BCUT2D eigenvalue weighted by Crippen LogP contribution is 2.34. The summed E-state index contributed by atoms with van der Waals surface area (Å²) in [5, 5.41) is 0. The first kappa shape index (κ1) is 15.7. The Morgan fingerprint density at radius 2 is 2.22 bits per heavy atom. The summed E-state index contributed by atoms with van der Waals surface area (Å²) in [6, 6.07) is 5.78. The predicted molar refractivity (Wildman–Crippen MR) is 92.0 cm³/mol. The maximum atomic E-state index is 12.3. The zero-order chi connectivity index (χ0) is 16.6. The van der Waals surface area contributed by atoms with Crippen LogP contribution >= 0.6 is 15.9 Å². The van der Waals surface area contributed by atoms with Gasteiger partial charge in [-0.3, -0.25) is 4.79 Å². The molecule has 2 aromatic rings. The van der Waals surface area contributed by atoms with Crippen LogP contribution in [0.3, 0.4) is 0 Å². The molecule has 0 spiro atoms. The molecule has 0 saturated carbocycles. The quantitative estimate of drug-likeness (QED) is 0.567. The monoisotopic (exact) mass is 376 g/mol. The molecule has 1 aromatic carbocycles. The zero-order valence-electron chi connectivity index (χ0n) is 13.2. The van der Waals surface area contributed by atoms with Gasteiger partial charge in [-0.25, -0.2) is 4.98 Å². The van der Waals surface area contributed by atoms with E-state index in [-0.39, 0.29) is 5.91 Å². The highest BCUT2D eigenvalue weighted by atomic mass is 79.9. The molecule has 1 amide bonds. The van der Waals surface area contributed by atoms with E-state index in [1.54, 1.807) is 18.0 Å². The lowest BCUT2D eigenvalue weighted by Crippen LogP contribution is -2.20. The number of rotatable bonds is 1. The summed E-state index contributed by atoms with van der Waals surface area (Å²) in [6.45, 7) is 2.96. The molecule has 0 saturated heterocycles. The van der Waals surface area contributed by atoms with Gasteiger partial charge < -0.3 is 14.2 Å². The third-order valence-electron chi connectivity index (χ3n) is 3.68. The molecule has 1 aliphatic heterocycles. The van der Waals surface area contributed by atoms with Gasteiger partial charge >= 0.3 is 0 Å². The molecule has 23 heavy (non-hydrogen) atoms. The summed E-state index contributed by atoms with van der Waals surface area (Å²) in [5.41, 5.74) is 1.22. The summed E-state index contributed by atoms with van der Waals surface area (Å²) < 4.78 is 8.64. The summed E-state index contributed by atoms with van der Waals surface area (Å²) in [5.74, 6) is 1.80. The Hall–Kier alpha value is -2.15. The van der Waals surface area contributed by atoms with Gasteiger partial charge in [-0.2, -0.15) is 4.99 Å². The molecule has 7 heteroatoms. The molecule has 2 heterocycles. The van der Waals surface area contributed by atoms with E-state index < -0.39 is 0 Å². The maximum Gasteiger partial charge on any atom is 0.298 e. The topological polar surface area (TPSA) is 59.7 Å². The minimum absolute atomic E-state index is 0.337. The number of carbonyl (C=O) groups is 1. The Balaban J connectivity index is 2.02. The average molecular weight is 377 g/mol. The minimum atomic E-state index is -0.337. The minimum Gasteiger partial charge on any atom is -0.491 e. The van der Waals surface area contributed by atoms with E-state index in [1.165, 1.54) is 0 Å². The van der Waals surface area contributed by atoms with Crippen LogP contribution in [0.2, 0.25) is 0 Å². The summed E-state index contributed by atoms with van der Waals surface area (Å²) in [4.78, 5) is 22.7. The van der Waals surface area contributed by atoms with Crippen molar-refractivity contribution in [3.8, 4) is 17.1 Å². The van der Waals surface area contributed by atoms with Gasteiger partial charge in [0.05, 0.1) is 12.1 Å². The number of imidazole rings is 1. The van der Waals surface area contributed by atoms with Crippen LogP contribution in [-0.2, 0) is 6.54 Å². The number of benzene rings is 1. The number of carbonyl (C=O) groups excluding carboxylic acids is 1. The fraction of sp³-hybridized carbons (Fsp3) is 0.312. The fourth-order valence-corrected chi connectivity index (χ4v) is 2.60. The molecule has 0 bridgehead atoms. The lowest BCUT2D eigenvalue weighted by atomic mass is 10.2. The molecule has 0 aliphatic carbocycles. The van der Waals surface area contributed by atoms with Gasteiger partial charge in [0, 0.05) is 24.8 Å². The van der Waals surface area contributed by atoms with Crippen LogP contribution in [0.4, 0.5) is 0 Å². The first-order chi connectivity index (χ1) is 11.0. The second-order valence-corrected chi connectivity index (χ2v) is 6.41.